The van der Waals surface area contributed by atoms with Crippen LogP contribution in [0.1, 0.15) is 39.0 Å². The smallest absolute Gasteiger partial charge is 0.243 e. The molecule has 0 unspecified atom stereocenters. The predicted octanol–water partition coefficient (Wildman–Crippen LogP) is 3.62. The van der Waals surface area contributed by atoms with Gasteiger partial charge < -0.3 is 10.6 Å². The van der Waals surface area contributed by atoms with Gasteiger partial charge in [0, 0.05) is 5.69 Å². The van der Waals surface area contributed by atoms with Gasteiger partial charge in [-0.05, 0) is 38.0 Å². The lowest BCUT2D eigenvalue weighted by atomic mass is 9.82. The number of nitrogens with zero attached hydrogens (tertiary/aromatic N) is 1. The van der Waals surface area contributed by atoms with Crippen molar-refractivity contribution in [2.24, 2.45) is 0 Å². The van der Waals surface area contributed by atoms with E-state index in [2.05, 4.69) is 16.7 Å². The third-order valence-corrected chi connectivity index (χ3v) is 4.27. The summed E-state index contributed by atoms with van der Waals surface area (Å²) >= 11 is 5.72. The Labute approximate surface area is 134 Å². The van der Waals surface area contributed by atoms with Crippen molar-refractivity contribution in [3.05, 3.63) is 29.0 Å². The van der Waals surface area contributed by atoms with E-state index in [0.717, 1.165) is 19.3 Å². The highest BCUT2D eigenvalue weighted by atomic mass is 35.5. The van der Waals surface area contributed by atoms with Gasteiger partial charge in [-0.25, -0.2) is 4.39 Å². The molecule has 4 nitrogen and oxygen atoms in total. The predicted molar refractivity (Wildman–Crippen MR) is 84.1 cm³/mol. The van der Waals surface area contributed by atoms with Crippen LogP contribution in [-0.2, 0) is 4.79 Å². The summed E-state index contributed by atoms with van der Waals surface area (Å²) in [6, 6.07) is 5.90. The lowest BCUT2D eigenvalue weighted by Crippen LogP contribution is -2.52. The van der Waals surface area contributed by atoms with Crippen molar-refractivity contribution in [1.29, 1.82) is 5.26 Å². The molecular formula is C16H19ClFN3O. The molecule has 0 bridgehead atoms. The summed E-state index contributed by atoms with van der Waals surface area (Å²) in [6.07, 6.45) is 4.36. The molecule has 2 rings (SSSR count). The largest absolute Gasteiger partial charge is 0.374 e. The topological polar surface area (TPSA) is 64.9 Å². The first-order valence-electron chi connectivity index (χ1n) is 7.41. The Morgan fingerprint density at radius 2 is 2.09 bits per heavy atom. The molecule has 0 aliphatic heterocycles. The quantitative estimate of drug-likeness (QED) is 0.889. The molecule has 0 spiro atoms. The monoisotopic (exact) mass is 323 g/mol. The average Bonchev–Trinajstić information content (AvgIpc) is 2.51. The fourth-order valence-corrected chi connectivity index (χ4v) is 2.85. The molecule has 1 aromatic carbocycles. The molecule has 6 heteroatoms. The third kappa shape index (κ3) is 3.89. The van der Waals surface area contributed by atoms with E-state index in [4.69, 9.17) is 11.6 Å². The molecule has 22 heavy (non-hydrogen) atoms. The van der Waals surface area contributed by atoms with Crippen LogP contribution in [0.2, 0.25) is 5.02 Å². The lowest BCUT2D eigenvalue weighted by Gasteiger charge is -2.32. The van der Waals surface area contributed by atoms with E-state index in [1.165, 1.54) is 18.2 Å². The first-order valence-corrected chi connectivity index (χ1v) is 7.78. The molecule has 1 aliphatic carbocycles. The summed E-state index contributed by atoms with van der Waals surface area (Å²) < 4.78 is 13.1. The van der Waals surface area contributed by atoms with Crippen LogP contribution in [0.4, 0.5) is 10.1 Å². The first-order chi connectivity index (χ1) is 10.5. The average molecular weight is 324 g/mol. The Hall–Kier alpha value is -1.80. The molecule has 0 aromatic heterocycles. The molecule has 1 aliphatic rings. The molecule has 1 saturated carbocycles. The van der Waals surface area contributed by atoms with Crippen LogP contribution in [0.15, 0.2) is 18.2 Å². The number of halogens is 2. The fraction of sp³-hybridized carbons (Fsp3) is 0.500. The van der Waals surface area contributed by atoms with Crippen molar-refractivity contribution >= 4 is 23.2 Å². The molecular weight excluding hydrogens is 305 g/mol. The SMILES string of the molecule is C[C@H](Nc1ccc(F)c(Cl)c1)C(=O)NC1(C#N)CCCCC1. The molecule has 2 N–H and O–H groups in total. The molecule has 118 valence electrons. The minimum atomic E-state index is -0.758. The molecule has 0 saturated heterocycles. The number of nitrogens with one attached hydrogen (secondary N) is 2. The van der Waals surface area contributed by atoms with Gasteiger partial charge in [0.15, 0.2) is 0 Å². The molecule has 0 radical (unpaired) electrons. The maximum absolute atomic E-state index is 13.1. The lowest BCUT2D eigenvalue weighted by molar-refractivity contribution is -0.123. The number of carbonyl (C=O) groups is 1. The second kappa shape index (κ2) is 6.97. The fourth-order valence-electron chi connectivity index (χ4n) is 2.67. The van der Waals surface area contributed by atoms with E-state index >= 15 is 0 Å². The Bertz CT molecular complexity index is 594. The Kier molecular flexibility index (Phi) is 5.25. The molecule has 0 heterocycles. The molecule has 1 aromatic rings. The normalized spacial score (nSPS) is 18.1. The minimum Gasteiger partial charge on any atom is -0.374 e. The van der Waals surface area contributed by atoms with Gasteiger partial charge >= 0.3 is 0 Å². The summed E-state index contributed by atoms with van der Waals surface area (Å²) in [5.41, 5.74) is -0.199. The highest BCUT2D eigenvalue weighted by Gasteiger charge is 2.34. The van der Waals surface area contributed by atoms with Gasteiger partial charge in [-0.2, -0.15) is 5.26 Å². The molecule has 1 fully saturated rings. The van der Waals surface area contributed by atoms with Crippen LogP contribution < -0.4 is 10.6 Å². The number of hydrogen-bond donors (Lipinski definition) is 2. The van der Waals surface area contributed by atoms with Crippen LogP contribution in [-0.4, -0.2) is 17.5 Å². The Balaban J connectivity index is 1.99. The van der Waals surface area contributed by atoms with E-state index in [-0.39, 0.29) is 10.9 Å². The van der Waals surface area contributed by atoms with E-state index < -0.39 is 17.4 Å². The van der Waals surface area contributed by atoms with Gasteiger partial charge in [0.1, 0.15) is 17.4 Å². The van der Waals surface area contributed by atoms with Crippen LogP contribution in [0.25, 0.3) is 0 Å². The van der Waals surface area contributed by atoms with Crippen molar-refractivity contribution in [2.75, 3.05) is 5.32 Å². The minimum absolute atomic E-state index is 0.00150. The third-order valence-electron chi connectivity index (χ3n) is 3.98. The number of hydrogen-bond acceptors (Lipinski definition) is 3. The van der Waals surface area contributed by atoms with E-state index in [0.29, 0.717) is 18.5 Å². The van der Waals surface area contributed by atoms with Crippen LogP contribution in [0.5, 0.6) is 0 Å². The Morgan fingerprint density at radius 3 is 2.68 bits per heavy atom. The van der Waals surface area contributed by atoms with E-state index in [9.17, 15) is 14.4 Å². The van der Waals surface area contributed by atoms with Crippen LogP contribution in [0, 0.1) is 17.1 Å². The second-order valence-corrected chi connectivity index (χ2v) is 6.15. The van der Waals surface area contributed by atoms with Crippen LogP contribution in [0.3, 0.4) is 0 Å². The molecule has 1 amide bonds. The first kappa shape index (κ1) is 16.6. The van der Waals surface area contributed by atoms with Crippen molar-refractivity contribution < 1.29 is 9.18 Å². The number of rotatable bonds is 4. The van der Waals surface area contributed by atoms with E-state index in [1.807, 2.05) is 0 Å². The zero-order valence-corrected chi connectivity index (χ0v) is 13.2. The Morgan fingerprint density at radius 1 is 1.41 bits per heavy atom. The number of amides is 1. The maximum Gasteiger partial charge on any atom is 0.243 e. The van der Waals surface area contributed by atoms with Gasteiger partial charge in [-0.3, -0.25) is 4.79 Å². The van der Waals surface area contributed by atoms with Crippen molar-refractivity contribution in [2.45, 2.75) is 50.6 Å². The van der Waals surface area contributed by atoms with Gasteiger partial charge in [0.05, 0.1) is 11.1 Å². The zero-order valence-electron chi connectivity index (χ0n) is 12.5. The van der Waals surface area contributed by atoms with Crippen LogP contribution >= 0.6 is 11.6 Å². The highest BCUT2D eigenvalue weighted by Crippen LogP contribution is 2.27. The summed E-state index contributed by atoms with van der Waals surface area (Å²) in [7, 11) is 0. The van der Waals surface area contributed by atoms with Gasteiger partial charge in [-0.15, -0.1) is 0 Å². The van der Waals surface area contributed by atoms with Crippen molar-refractivity contribution in [1.82, 2.24) is 5.32 Å². The number of anilines is 1. The van der Waals surface area contributed by atoms with Gasteiger partial charge in [0.2, 0.25) is 5.91 Å². The molecule has 1 atom stereocenters. The van der Waals surface area contributed by atoms with Crippen molar-refractivity contribution in [3.8, 4) is 6.07 Å². The van der Waals surface area contributed by atoms with Gasteiger partial charge in [-0.1, -0.05) is 30.9 Å². The number of carbonyl (C=O) groups excluding carboxylic acids is 1. The van der Waals surface area contributed by atoms with Crippen molar-refractivity contribution in [3.63, 3.8) is 0 Å². The highest BCUT2D eigenvalue weighted by molar-refractivity contribution is 6.31. The summed E-state index contributed by atoms with van der Waals surface area (Å²) in [4.78, 5) is 12.3. The van der Waals surface area contributed by atoms with Gasteiger partial charge in [0.25, 0.3) is 0 Å². The number of nitriles is 1. The second-order valence-electron chi connectivity index (χ2n) is 5.74. The van der Waals surface area contributed by atoms with E-state index in [1.54, 1.807) is 6.92 Å². The summed E-state index contributed by atoms with van der Waals surface area (Å²) in [5, 5.41) is 15.2. The summed E-state index contributed by atoms with van der Waals surface area (Å²) in [5.74, 6) is -0.751. The maximum atomic E-state index is 13.1. The summed E-state index contributed by atoms with van der Waals surface area (Å²) in [6.45, 7) is 1.69. The zero-order chi connectivity index (χ0) is 16.2. The standard InChI is InChI=1S/C16H19ClFN3O/c1-11(20-12-5-6-14(18)13(17)9-12)15(22)21-16(10-19)7-3-2-4-8-16/h5-6,9,11,20H,2-4,7-8H2,1H3,(H,21,22)/t11-/m0/s1. The number of benzene rings is 1.